The zero-order valence-corrected chi connectivity index (χ0v) is 15.3. The molecule has 0 unspecified atom stereocenters. The van der Waals surface area contributed by atoms with Crippen LogP contribution in [0.25, 0.3) is 11.1 Å². The summed E-state index contributed by atoms with van der Waals surface area (Å²) >= 11 is 0. The molecule has 0 N–H and O–H groups in total. The second kappa shape index (κ2) is 9.99. The molecule has 0 bridgehead atoms. The van der Waals surface area contributed by atoms with Crippen molar-refractivity contribution in [2.24, 2.45) is 0 Å². The average molecular weight is 310 g/mol. The number of benzene rings is 2. The summed E-state index contributed by atoms with van der Waals surface area (Å²) in [5.41, 5.74) is 6.29. The van der Waals surface area contributed by atoms with E-state index in [2.05, 4.69) is 70.2 Å². The van der Waals surface area contributed by atoms with Crippen LogP contribution in [0.5, 0.6) is 0 Å². The largest absolute Gasteiger partial charge is 0.300 e. The van der Waals surface area contributed by atoms with Crippen molar-refractivity contribution in [1.29, 1.82) is 0 Å². The van der Waals surface area contributed by atoms with Gasteiger partial charge in [0.2, 0.25) is 0 Å². The van der Waals surface area contributed by atoms with E-state index in [1.165, 1.54) is 40.7 Å². The van der Waals surface area contributed by atoms with Crippen LogP contribution in [-0.2, 0) is 11.2 Å². The molecule has 2 aromatic carbocycles. The number of carbonyl (C=O) groups excluding carboxylic acids is 1. The van der Waals surface area contributed by atoms with Crippen LogP contribution in [0.2, 0.25) is 0 Å². The van der Waals surface area contributed by atoms with Crippen LogP contribution in [0.4, 0.5) is 0 Å². The van der Waals surface area contributed by atoms with E-state index in [9.17, 15) is 4.79 Å². The molecule has 124 valence electrons. The van der Waals surface area contributed by atoms with Crippen molar-refractivity contribution in [2.45, 2.75) is 60.3 Å². The Labute approximate surface area is 141 Å². The Balaban J connectivity index is 0.000000593. The Morgan fingerprint density at radius 2 is 1.43 bits per heavy atom. The van der Waals surface area contributed by atoms with E-state index < -0.39 is 0 Å². The van der Waals surface area contributed by atoms with Crippen molar-refractivity contribution < 1.29 is 4.79 Å². The van der Waals surface area contributed by atoms with Crippen molar-refractivity contribution in [3.63, 3.8) is 0 Å². The minimum absolute atomic E-state index is 0.252. The van der Waals surface area contributed by atoms with Crippen molar-refractivity contribution in [1.82, 2.24) is 0 Å². The number of aryl methyl sites for hydroxylation is 3. The molecule has 0 atom stereocenters. The van der Waals surface area contributed by atoms with Crippen LogP contribution in [-0.4, -0.2) is 5.78 Å². The van der Waals surface area contributed by atoms with Crippen LogP contribution < -0.4 is 0 Å². The van der Waals surface area contributed by atoms with E-state index in [0.29, 0.717) is 6.42 Å². The van der Waals surface area contributed by atoms with Crippen molar-refractivity contribution in [3.8, 4) is 11.1 Å². The van der Waals surface area contributed by atoms with Gasteiger partial charge in [-0.25, -0.2) is 0 Å². The molecule has 0 amide bonds. The lowest BCUT2D eigenvalue weighted by molar-refractivity contribution is -0.116. The highest BCUT2D eigenvalue weighted by molar-refractivity contribution is 5.75. The molecule has 0 fully saturated rings. The van der Waals surface area contributed by atoms with E-state index in [4.69, 9.17) is 0 Å². The van der Waals surface area contributed by atoms with Crippen LogP contribution in [0, 0.1) is 13.8 Å². The minimum Gasteiger partial charge on any atom is -0.300 e. The highest BCUT2D eigenvalue weighted by Gasteiger charge is 2.03. The van der Waals surface area contributed by atoms with Gasteiger partial charge in [0.15, 0.2) is 0 Å². The third kappa shape index (κ3) is 6.81. The van der Waals surface area contributed by atoms with E-state index in [-0.39, 0.29) is 5.78 Å². The Morgan fingerprint density at radius 1 is 0.870 bits per heavy atom. The van der Waals surface area contributed by atoms with Crippen LogP contribution >= 0.6 is 0 Å². The minimum atomic E-state index is 0.252. The summed E-state index contributed by atoms with van der Waals surface area (Å²) in [6, 6.07) is 15.1. The summed E-state index contributed by atoms with van der Waals surface area (Å²) in [6.07, 6.45) is 4.11. The smallest absolute Gasteiger partial charge is 0.130 e. The zero-order valence-electron chi connectivity index (χ0n) is 15.3. The number of hydrogen-bond acceptors (Lipinski definition) is 1. The first-order chi connectivity index (χ1) is 11.0. The first-order valence-corrected chi connectivity index (χ1v) is 8.63. The summed E-state index contributed by atoms with van der Waals surface area (Å²) in [6.45, 7) is 10.2. The standard InChI is InChI=1S/C18H20O.C4H10/c1-13-4-7-17(8-5-13)18-11-10-16(14(2)12-18)9-6-15(3)19;1-3-4-2/h4-5,7-8,10-12H,6,9H2,1-3H3;3-4H2,1-2H3. The Bertz CT molecular complexity index is 606. The number of Topliss-reactive ketones (excluding diaryl/α,β-unsaturated/α-hetero) is 1. The normalized spacial score (nSPS) is 9.96. The van der Waals surface area contributed by atoms with Gasteiger partial charge < -0.3 is 4.79 Å². The molecule has 1 heteroatoms. The van der Waals surface area contributed by atoms with Crippen LogP contribution in [0.1, 0.15) is 56.7 Å². The predicted molar refractivity (Wildman–Crippen MR) is 101 cm³/mol. The van der Waals surface area contributed by atoms with Gasteiger partial charge in [-0.2, -0.15) is 0 Å². The van der Waals surface area contributed by atoms with Crippen molar-refractivity contribution in [2.75, 3.05) is 0 Å². The van der Waals surface area contributed by atoms with E-state index in [0.717, 1.165) is 6.42 Å². The molecule has 0 heterocycles. The number of unbranched alkanes of at least 4 members (excludes halogenated alkanes) is 1. The van der Waals surface area contributed by atoms with Gasteiger partial charge in [0.1, 0.15) is 5.78 Å². The number of carbonyl (C=O) groups is 1. The highest BCUT2D eigenvalue weighted by Crippen LogP contribution is 2.23. The first-order valence-electron chi connectivity index (χ1n) is 8.63. The molecular weight excluding hydrogens is 280 g/mol. The quantitative estimate of drug-likeness (QED) is 0.633. The van der Waals surface area contributed by atoms with Gasteiger partial charge in [0, 0.05) is 6.42 Å². The SMILES string of the molecule is CC(=O)CCc1ccc(-c2ccc(C)cc2)cc1C.CCCC. The summed E-state index contributed by atoms with van der Waals surface area (Å²) in [5.74, 6) is 0.252. The molecular formula is C22H30O. The maximum absolute atomic E-state index is 11.0. The molecule has 2 aromatic rings. The Hall–Kier alpha value is -1.89. The van der Waals surface area contributed by atoms with Crippen molar-refractivity contribution in [3.05, 3.63) is 59.2 Å². The monoisotopic (exact) mass is 310 g/mol. The third-order valence-electron chi connectivity index (χ3n) is 3.97. The van der Waals surface area contributed by atoms with Gasteiger partial charge in [0.05, 0.1) is 0 Å². The molecule has 1 nitrogen and oxygen atoms in total. The molecule has 0 aliphatic rings. The summed E-state index contributed by atoms with van der Waals surface area (Å²) < 4.78 is 0. The topological polar surface area (TPSA) is 17.1 Å². The maximum atomic E-state index is 11.0. The second-order valence-electron chi connectivity index (χ2n) is 6.21. The molecule has 0 aromatic heterocycles. The lowest BCUT2D eigenvalue weighted by Gasteiger charge is -2.08. The highest BCUT2D eigenvalue weighted by atomic mass is 16.1. The fraction of sp³-hybridized carbons (Fsp3) is 0.409. The summed E-state index contributed by atoms with van der Waals surface area (Å²) in [7, 11) is 0. The molecule has 0 saturated carbocycles. The van der Waals surface area contributed by atoms with Gasteiger partial charge in [0.25, 0.3) is 0 Å². The zero-order chi connectivity index (χ0) is 17.2. The second-order valence-corrected chi connectivity index (χ2v) is 6.21. The first kappa shape index (κ1) is 19.2. The van der Waals surface area contributed by atoms with Gasteiger partial charge in [-0.3, -0.25) is 0 Å². The van der Waals surface area contributed by atoms with Crippen LogP contribution in [0.15, 0.2) is 42.5 Å². The fourth-order valence-electron chi connectivity index (χ4n) is 2.21. The number of hydrogen-bond donors (Lipinski definition) is 0. The van der Waals surface area contributed by atoms with E-state index >= 15 is 0 Å². The molecule has 0 aliphatic heterocycles. The van der Waals surface area contributed by atoms with Crippen LogP contribution in [0.3, 0.4) is 0 Å². The Kier molecular flexibility index (Phi) is 8.32. The fourth-order valence-corrected chi connectivity index (χ4v) is 2.21. The molecule has 23 heavy (non-hydrogen) atoms. The lowest BCUT2D eigenvalue weighted by Crippen LogP contribution is -1.96. The molecule has 0 radical (unpaired) electrons. The van der Waals surface area contributed by atoms with E-state index in [1.54, 1.807) is 6.92 Å². The molecule has 2 rings (SSSR count). The van der Waals surface area contributed by atoms with Gasteiger partial charge >= 0.3 is 0 Å². The third-order valence-corrected chi connectivity index (χ3v) is 3.97. The lowest BCUT2D eigenvalue weighted by atomic mass is 9.97. The summed E-state index contributed by atoms with van der Waals surface area (Å²) in [4.78, 5) is 11.0. The molecule has 0 spiro atoms. The average Bonchev–Trinajstić information content (AvgIpc) is 2.54. The van der Waals surface area contributed by atoms with Gasteiger partial charge in [-0.15, -0.1) is 0 Å². The number of ketones is 1. The Morgan fingerprint density at radius 3 is 1.91 bits per heavy atom. The number of rotatable bonds is 5. The molecule has 0 saturated heterocycles. The van der Waals surface area contributed by atoms with Gasteiger partial charge in [-0.05, 0) is 49.4 Å². The predicted octanol–water partition coefficient (Wildman–Crippen LogP) is 6.30. The summed E-state index contributed by atoms with van der Waals surface area (Å²) in [5, 5.41) is 0. The van der Waals surface area contributed by atoms with Crippen molar-refractivity contribution >= 4 is 5.78 Å². The molecule has 0 aliphatic carbocycles. The van der Waals surface area contributed by atoms with Gasteiger partial charge in [-0.1, -0.05) is 74.7 Å². The van der Waals surface area contributed by atoms with E-state index in [1.807, 2.05) is 0 Å². The maximum Gasteiger partial charge on any atom is 0.130 e.